The van der Waals surface area contributed by atoms with Gasteiger partial charge in [0, 0.05) is 25.4 Å². The monoisotopic (exact) mass is 290 g/mol. The lowest BCUT2D eigenvalue weighted by Crippen LogP contribution is -2.20. The number of nitrogens with zero attached hydrogens (tertiary/aromatic N) is 2. The highest BCUT2D eigenvalue weighted by Gasteiger charge is 2.08. The number of aromatic nitrogens is 1. The zero-order chi connectivity index (χ0) is 14.4. The Kier molecular flexibility index (Phi) is 5.12. The van der Waals surface area contributed by atoms with Gasteiger partial charge in [-0.2, -0.15) is 0 Å². The Labute approximate surface area is 122 Å². The van der Waals surface area contributed by atoms with Gasteiger partial charge in [0.05, 0.1) is 12.1 Å². The maximum absolute atomic E-state index is 10.5. The van der Waals surface area contributed by atoms with Crippen molar-refractivity contribution in [1.29, 1.82) is 0 Å². The number of benzene rings is 1. The lowest BCUT2D eigenvalue weighted by Gasteiger charge is -2.15. The van der Waals surface area contributed by atoms with Crippen LogP contribution in [0.2, 0.25) is 0 Å². The van der Waals surface area contributed by atoms with Crippen LogP contribution in [-0.4, -0.2) is 29.7 Å². The molecule has 20 heavy (non-hydrogen) atoms. The van der Waals surface area contributed by atoms with E-state index >= 15 is 0 Å². The number of anilines is 1. The van der Waals surface area contributed by atoms with E-state index < -0.39 is 5.97 Å². The predicted octanol–water partition coefficient (Wildman–Crippen LogP) is 2.84. The fraction of sp³-hybridized carbons (Fsp3) is 0.333. The molecule has 0 aliphatic carbocycles. The SMILES string of the molecule is CN(CCc1ccccc1)c1nc(CCC(=O)O)cs1. The Morgan fingerprint density at radius 3 is 2.75 bits per heavy atom. The van der Waals surface area contributed by atoms with E-state index in [-0.39, 0.29) is 6.42 Å². The van der Waals surface area contributed by atoms with E-state index in [0.29, 0.717) is 6.42 Å². The largest absolute Gasteiger partial charge is 0.481 e. The standard InChI is InChI=1S/C15H18N2O2S/c1-17(10-9-12-5-3-2-4-6-12)15-16-13(11-20-15)7-8-14(18)19/h2-6,11H,7-10H2,1H3,(H,18,19). The van der Waals surface area contributed by atoms with E-state index in [0.717, 1.165) is 23.8 Å². The van der Waals surface area contributed by atoms with Gasteiger partial charge in [-0.3, -0.25) is 4.79 Å². The molecule has 0 aliphatic heterocycles. The number of aliphatic carboxylic acids is 1. The highest BCUT2D eigenvalue weighted by Crippen LogP contribution is 2.20. The molecule has 0 amide bonds. The maximum atomic E-state index is 10.5. The van der Waals surface area contributed by atoms with Gasteiger partial charge < -0.3 is 10.0 Å². The Bertz CT molecular complexity index is 554. The van der Waals surface area contributed by atoms with Crippen LogP contribution in [0, 0.1) is 0 Å². The van der Waals surface area contributed by atoms with Gasteiger partial charge in [0.2, 0.25) is 0 Å². The second-order valence-corrected chi connectivity index (χ2v) is 5.51. The second-order valence-electron chi connectivity index (χ2n) is 4.67. The molecule has 2 aromatic rings. The Morgan fingerprint density at radius 2 is 2.05 bits per heavy atom. The van der Waals surface area contributed by atoms with Crippen LogP contribution in [0.3, 0.4) is 0 Å². The minimum atomic E-state index is -0.781. The summed E-state index contributed by atoms with van der Waals surface area (Å²) in [7, 11) is 2.02. The van der Waals surface area contributed by atoms with E-state index in [1.54, 1.807) is 11.3 Å². The van der Waals surface area contributed by atoms with Gasteiger partial charge in [0.25, 0.3) is 0 Å². The maximum Gasteiger partial charge on any atom is 0.303 e. The van der Waals surface area contributed by atoms with Crippen LogP contribution in [0.4, 0.5) is 5.13 Å². The predicted molar refractivity (Wildman–Crippen MR) is 81.5 cm³/mol. The molecule has 0 fully saturated rings. The summed E-state index contributed by atoms with van der Waals surface area (Å²) in [6.45, 7) is 0.899. The quantitative estimate of drug-likeness (QED) is 0.852. The number of carbonyl (C=O) groups is 1. The van der Waals surface area contributed by atoms with E-state index in [2.05, 4.69) is 22.0 Å². The van der Waals surface area contributed by atoms with Crippen molar-refractivity contribution in [3.63, 3.8) is 0 Å². The average molecular weight is 290 g/mol. The molecule has 1 aromatic heterocycles. The van der Waals surface area contributed by atoms with Crippen molar-refractivity contribution in [3.8, 4) is 0 Å². The molecule has 0 bridgehead atoms. The van der Waals surface area contributed by atoms with Crippen molar-refractivity contribution in [2.75, 3.05) is 18.5 Å². The summed E-state index contributed by atoms with van der Waals surface area (Å²) < 4.78 is 0. The zero-order valence-electron chi connectivity index (χ0n) is 11.5. The number of hydrogen-bond donors (Lipinski definition) is 1. The topological polar surface area (TPSA) is 53.4 Å². The normalized spacial score (nSPS) is 10.4. The van der Waals surface area contributed by atoms with E-state index in [1.165, 1.54) is 5.56 Å². The first-order valence-corrected chi connectivity index (χ1v) is 7.44. The number of hydrogen-bond acceptors (Lipinski definition) is 4. The molecule has 5 heteroatoms. The fourth-order valence-corrected chi connectivity index (χ4v) is 2.71. The first kappa shape index (κ1) is 14.5. The van der Waals surface area contributed by atoms with Crippen molar-refractivity contribution < 1.29 is 9.90 Å². The first-order valence-electron chi connectivity index (χ1n) is 6.56. The van der Waals surface area contributed by atoms with Crippen molar-refractivity contribution in [1.82, 2.24) is 4.98 Å². The zero-order valence-corrected chi connectivity index (χ0v) is 12.3. The summed E-state index contributed by atoms with van der Waals surface area (Å²) in [4.78, 5) is 17.1. The van der Waals surface area contributed by atoms with Crippen LogP contribution in [0.5, 0.6) is 0 Å². The Balaban J connectivity index is 1.86. The second kappa shape index (κ2) is 7.05. The number of carboxylic acid groups (broad SMARTS) is 1. The molecule has 0 atom stereocenters. The number of likely N-dealkylation sites (N-methyl/N-ethyl adjacent to an activating group) is 1. The van der Waals surface area contributed by atoms with Gasteiger partial charge >= 0.3 is 5.97 Å². The van der Waals surface area contributed by atoms with Crippen LogP contribution in [0.1, 0.15) is 17.7 Å². The third kappa shape index (κ3) is 4.35. The summed E-state index contributed by atoms with van der Waals surface area (Å²) >= 11 is 1.57. The Hall–Kier alpha value is -1.88. The third-order valence-electron chi connectivity index (χ3n) is 3.04. The summed E-state index contributed by atoms with van der Waals surface area (Å²) in [6.07, 6.45) is 1.61. The summed E-state index contributed by atoms with van der Waals surface area (Å²) in [6, 6.07) is 10.3. The third-order valence-corrected chi connectivity index (χ3v) is 4.04. The smallest absolute Gasteiger partial charge is 0.303 e. The summed E-state index contributed by atoms with van der Waals surface area (Å²) in [5.74, 6) is -0.781. The molecule has 106 valence electrons. The Morgan fingerprint density at radius 1 is 1.30 bits per heavy atom. The van der Waals surface area contributed by atoms with E-state index in [9.17, 15) is 4.79 Å². The number of thiazole rings is 1. The van der Waals surface area contributed by atoms with Crippen LogP contribution in [0.25, 0.3) is 0 Å². The van der Waals surface area contributed by atoms with Gasteiger partial charge in [0.15, 0.2) is 5.13 Å². The molecule has 0 unspecified atom stereocenters. The highest BCUT2D eigenvalue weighted by molar-refractivity contribution is 7.13. The molecule has 0 radical (unpaired) electrons. The molecule has 4 nitrogen and oxygen atoms in total. The molecular weight excluding hydrogens is 272 g/mol. The number of rotatable bonds is 7. The van der Waals surface area contributed by atoms with E-state index in [1.807, 2.05) is 30.6 Å². The average Bonchev–Trinajstić information content (AvgIpc) is 2.92. The number of carboxylic acids is 1. The highest BCUT2D eigenvalue weighted by atomic mass is 32.1. The van der Waals surface area contributed by atoms with Crippen molar-refractivity contribution in [3.05, 3.63) is 47.0 Å². The van der Waals surface area contributed by atoms with Crippen molar-refractivity contribution in [2.24, 2.45) is 0 Å². The lowest BCUT2D eigenvalue weighted by atomic mass is 10.1. The van der Waals surface area contributed by atoms with Gasteiger partial charge in [-0.25, -0.2) is 4.98 Å². The van der Waals surface area contributed by atoms with Crippen LogP contribution in [0.15, 0.2) is 35.7 Å². The van der Waals surface area contributed by atoms with Crippen molar-refractivity contribution in [2.45, 2.75) is 19.3 Å². The molecule has 0 spiro atoms. The molecule has 1 aromatic carbocycles. The molecule has 2 rings (SSSR count). The van der Waals surface area contributed by atoms with E-state index in [4.69, 9.17) is 5.11 Å². The summed E-state index contributed by atoms with van der Waals surface area (Å²) in [5.41, 5.74) is 2.17. The minimum absolute atomic E-state index is 0.136. The molecule has 1 heterocycles. The lowest BCUT2D eigenvalue weighted by molar-refractivity contribution is -0.136. The molecule has 0 saturated carbocycles. The van der Waals surface area contributed by atoms with Gasteiger partial charge in [-0.1, -0.05) is 30.3 Å². The van der Waals surface area contributed by atoms with Gasteiger partial charge in [0.1, 0.15) is 0 Å². The fourth-order valence-electron chi connectivity index (χ4n) is 1.86. The molecule has 0 saturated heterocycles. The molecular formula is C15H18N2O2S. The van der Waals surface area contributed by atoms with Crippen LogP contribution < -0.4 is 4.90 Å². The van der Waals surface area contributed by atoms with Crippen LogP contribution in [-0.2, 0) is 17.6 Å². The molecule has 0 aliphatic rings. The minimum Gasteiger partial charge on any atom is -0.481 e. The van der Waals surface area contributed by atoms with Gasteiger partial charge in [-0.15, -0.1) is 11.3 Å². The van der Waals surface area contributed by atoms with Gasteiger partial charge in [-0.05, 0) is 12.0 Å². The van der Waals surface area contributed by atoms with Crippen molar-refractivity contribution >= 4 is 22.4 Å². The summed E-state index contributed by atoms with van der Waals surface area (Å²) in [5, 5.41) is 11.6. The number of aryl methyl sites for hydroxylation is 1. The first-order chi connectivity index (χ1) is 9.65. The van der Waals surface area contributed by atoms with Crippen LogP contribution >= 0.6 is 11.3 Å². The molecule has 1 N–H and O–H groups in total.